The number of carbonyl (C=O) groups is 3. The number of aliphatic carboxylic acids is 1. The SMILES string of the molecule is CCCc1c(OCC(O)COc2ccc(C(=O)CCC(=O)O)cc2F)ccc(C(C)=O)c1O. The van der Waals surface area contributed by atoms with Crippen LogP contribution in [0.1, 0.15) is 59.4 Å². The van der Waals surface area contributed by atoms with Crippen LogP contribution in [0.5, 0.6) is 17.2 Å². The molecule has 0 radical (unpaired) electrons. The van der Waals surface area contributed by atoms with Gasteiger partial charge in [-0.2, -0.15) is 0 Å². The van der Waals surface area contributed by atoms with Crippen molar-refractivity contribution in [3.63, 3.8) is 0 Å². The van der Waals surface area contributed by atoms with Gasteiger partial charge >= 0.3 is 5.97 Å². The van der Waals surface area contributed by atoms with Crippen molar-refractivity contribution in [1.82, 2.24) is 0 Å². The topological polar surface area (TPSA) is 130 Å². The number of aliphatic hydroxyl groups excluding tert-OH is 1. The molecule has 2 rings (SSSR count). The summed E-state index contributed by atoms with van der Waals surface area (Å²) in [5.74, 6) is -2.72. The Balaban J connectivity index is 1.96. The van der Waals surface area contributed by atoms with Crippen LogP contribution in [0, 0.1) is 5.82 Å². The Morgan fingerprint density at radius 1 is 1.03 bits per heavy atom. The normalized spacial score (nSPS) is 11.6. The molecule has 0 aliphatic rings. The Labute approximate surface area is 190 Å². The number of rotatable bonds is 13. The fourth-order valence-electron chi connectivity index (χ4n) is 3.10. The van der Waals surface area contributed by atoms with Crippen molar-refractivity contribution in [2.24, 2.45) is 0 Å². The zero-order valence-corrected chi connectivity index (χ0v) is 18.5. The predicted molar refractivity (Wildman–Crippen MR) is 117 cm³/mol. The van der Waals surface area contributed by atoms with Gasteiger partial charge in [-0.15, -0.1) is 0 Å². The Kier molecular flexibility index (Phi) is 9.35. The molecule has 178 valence electrons. The van der Waals surface area contributed by atoms with Gasteiger partial charge in [-0.1, -0.05) is 13.3 Å². The first-order valence-electron chi connectivity index (χ1n) is 10.5. The lowest BCUT2D eigenvalue weighted by atomic mass is 10.0. The van der Waals surface area contributed by atoms with Gasteiger partial charge in [0.25, 0.3) is 0 Å². The molecule has 33 heavy (non-hydrogen) atoms. The lowest BCUT2D eigenvalue weighted by molar-refractivity contribution is -0.136. The zero-order chi connectivity index (χ0) is 24.5. The number of carboxylic acids is 1. The van der Waals surface area contributed by atoms with E-state index in [1.807, 2.05) is 6.92 Å². The van der Waals surface area contributed by atoms with Gasteiger partial charge in [-0.25, -0.2) is 4.39 Å². The first-order chi connectivity index (χ1) is 15.6. The van der Waals surface area contributed by atoms with E-state index in [2.05, 4.69) is 0 Å². The second-order valence-corrected chi connectivity index (χ2v) is 7.48. The average molecular weight is 462 g/mol. The Hall–Kier alpha value is -3.46. The lowest BCUT2D eigenvalue weighted by Crippen LogP contribution is -2.25. The van der Waals surface area contributed by atoms with Crippen molar-refractivity contribution in [3.05, 3.63) is 52.8 Å². The molecule has 0 spiro atoms. The summed E-state index contributed by atoms with van der Waals surface area (Å²) in [6.07, 6.45) is -0.554. The highest BCUT2D eigenvalue weighted by Gasteiger charge is 2.18. The van der Waals surface area contributed by atoms with Gasteiger partial charge in [-0.05, 0) is 43.7 Å². The number of carbonyl (C=O) groups excluding carboxylic acids is 2. The summed E-state index contributed by atoms with van der Waals surface area (Å²) < 4.78 is 25.1. The van der Waals surface area contributed by atoms with E-state index in [0.717, 1.165) is 6.07 Å². The van der Waals surface area contributed by atoms with E-state index in [0.29, 0.717) is 24.2 Å². The molecule has 0 heterocycles. The molecule has 0 bridgehead atoms. The van der Waals surface area contributed by atoms with E-state index >= 15 is 0 Å². The maximum absolute atomic E-state index is 14.2. The first-order valence-corrected chi connectivity index (χ1v) is 10.5. The molecule has 1 atom stereocenters. The van der Waals surface area contributed by atoms with Crippen LogP contribution in [0.2, 0.25) is 0 Å². The number of Topliss-reactive ketones (excluding diaryl/α,β-unsaturated/α-hetero) is 2. The molecule has 0 aliphatic carbocycles. The summed E-state index contributed by atoms with van der Waals surface area (Å²) in [5.41, 5.74) is 0.685. The summed E-state index contributed by atoms with van der Waals surface area (Å²) in [5, 5.41) is 29.1. The van der Waals surface area contributed by atoms with Crippen LogP contribution in [0.4, 0.5) is 4.39 Å². The van der Waals surface area contributed by atoms with E-state index in [1.165, 1.54) is 25.1 Å². The molecule has 2 aromatic rings. The third kappa shape index (κ3) is 7.28. The second-order valence-electron chi connectivity index (χ2n) is 7.48. The highest BCUT2D eigenvalue weighted by molar-refractivity contribution is 5.98. The maximum atomic E-state index is 14.2. The van der Waals surface area contributed by atoms with Crippen LogP contribution in [0.15, 0.2) is 30.3 Å². The third-order valence-corrected chi connectivity index (χ3v) is 4.80. The molecule has 8 nitrogen and oxygen atoms in total. The van der Waals surface area contributed by atoms with Crippen molar-refractivity contribution >= 4 is 17.5 Å². The van der Waals surface area contributed by atoms with E-state index in [4.69, 9.17) is 14.6 Å². The van der Waals surface area contributed by atoms with Gasteiger partial charge in [-0.3, -0.25) is 14.4 Å². The van der Waals surface area contributed by atoms with Crippen LogP contribution in [0.3, 0.4) is 0 Å². The number of benzene rings is 2. The summed E-state index contributed by atoms with van der Waals surface area (Å²) in [6, 6.07) is 6.51. The van der Waals surface area contributed by atoms with Crippen LogP contribution in [0.25, 0.3) is 0 Å². The molecule has 0 saturated carbocycles. The largest absolute Gasteiger partial charge is 0.507 e. The van der Waals surface area contributed by atoms with Gasteiger partial charge < -0.3 is 24.8 Å². The molecule has 0 amide bonds. The number of hydrogen-bond acceptors (Lipinski definition) is 7. The molecule has 2 aromatic carbocycles. The zero-order valence-electron chi connectivity index (χ0n) is 18.5. The number of phenolic OH excluding ortho intramolecular Hbond substituents is 1. The highest BCUT2D eigenvalue weighted by atomic mass is 19.1. The lowest BCUT2D eigenvalue weighted by Gasteiger charge is -2.17. The van der Waals surface area contributed by atoms with Crippen molar-refractivity contribution in [1.29, 1.82) is 0 Å². The van der Waals surface area contributed by atoms with Crippen LogP contribution < -0.4 is 9.47 Å². The van der Waals surface area contributed by atoms with E-state index in [9.17, 15) is 29.0 Å². The smallest absolute Gasteiger partial charge is 0.303 e. The minimum absolute atomic E-state index is 0.0299. The number of carboxylic acid groups (broad SMARTS) is 1. The number of phenols is 1. The highest BCUT2D eigenvalue weighted by Crippen LogP contribution is 2.33. The van der Waals surface area contributed by atoms with Crippen molar-refractivity contribution < 1.29 is 43.6 Å². The van der Waals surface area contributed by atoms with E-state index in [-0.39, 0.29) is 54.5 Å². The van der Waals surface area contributed by atoms with Crippen molar-refractivity contribution in [2.45, 2.75) is 45.6 Å². The van der Waals surface area contributed by atoms with Gasteiger partial charge in [0.05, 0.1) is 12.0 Å². The monoisotopic (exact) mass is 462 g/mol. The molecule has 0 aromatic heterocycles. The average Bonchev–Trinajstić information content (AvgIpc) is 2.76. The number of aliphatic hydroxyl groups is 1. The molecule has 0 aliphatic heterocycles. The molecule has 0 saturated heterocycles. The fourth-order valence-corrected chi connectivity index (χ4v) is 3.10. The predicted octanol–water partition coefficient (Wildman–Crippen LogP) is 3.55. The van der Waals surface area contributed by atoms with Crippen molar-refractivity contribution in [3.8, 4) is 17.2 Å². The van der Waals surface area contributed by atoms with Gasteiger partial charge in [0.2, 0.25) is 0 Å². The van der Waals surface area contributed by atoms with Crippen LogP contribution in [-0.4, -0.2) is 52.2 Å². The second kappa shape index (κ2) is 12.0. The Morgan fingerprint density at radius 3 is 2.24 bits per heavy atom. The quantitative estimate of drug-likeness (QED) is 0.385. The first kappa shape index (κ1) is 25.8. The van der Waals surface area contributed by atoms with Crippen LogP contribution >= 0.6 is 0 Å². The Bertz CT molecular complexity index is 1020. The molecular formula is C24H27FO8. The minimum atomic E-state index is -1.13. The third-order valence-electron chi connectivity index (χ3n) is 4.80. The van der Waals surface area contributed by atoms with Gasteiger partial charge in [0.15, 0.2) is 23.1 Å². The summed E-state index contributed by atoms with van der Waals surface area (Å²) in [7, 11) is 0. The molecule has 0 fully saturated rings. The minimum Gasteiger partial charge on any atom is -0.507 e. The molecule has 1 unspecified atom stereocenters. The maximum Gasteiger partial charge on any atom is 0.303 e. The fraction of sp³-hybridized carbons (Fsp3) is 0.375. The summed E-state index contributed by atoms with van der Waals surface area (Å²) in [4.78, 5) is 34.1. The van der Waals surface area contributed by atoms with Crippen LogP contribution in [-0.2, 0) is 11.2 Å². The summed E-state index contributed by atoms with van der Waals surface area (Å²) in [6.45, 7) is 2.75. The van der Waals surface area contributed by atoms with E-state index < -0.39 is 23.7 Å². The number of ketones is 2. The van der Waals surface area contributed by atoms with Gasteiger partial charge in [0, 0.05) is 17.5 Å². The van der Waals surface area contributed by atoms with Crippen molar-refractivity contribution in [2.75, 3.05) is 13.2 Å². The standard InChI is InChI=1S/C24H27FO8/c1-3-4-18-21(9-6-17(14(2)26)24(18)31)32-12-16(27)13-33-22-8-5-15(11-19(22)25)20(28)7-10-23(29)30/h5-6,8-9,11,16,27,31H,3-4,7,10,12-13H2,1-2H3,(H,29,30). The number of aromatic hydroxyl groups is 1. The molecule has 9 heteroatoms. The number of hydrogen-bond donors (Lipinski definition) is 3. The number of ether oxygens (including phenoxy) is 2. The summed E-state index contributed by atoms with van der Waals surface area (Å²) >= 11 is 0. The van der Waals surface area contributed by atoms with E-state index in [1.54, 1.807) is 6.07 Å². The Morgan fingerprint density at radius 2 is 1.67 bits per heavy atom. The molecule has 3 N–H and O–H groups in total. The number of halogens is 1. The van der Waals surface area contributed by atoms with Gasteiger partial charge in [0.1, 0.15) is 30.8 Å². The molecular weight excluding hydrogens is 435 g/mol.